The van der Waals surface area contributed by atoms with Crippen molar-refractivity contribution in [2.75, 3.05) is 64.7 Å². The maximum atomic E-state index is 14.8. The van der Waals surface area contributed by atoms with Gasteiger partial charge in [-0.3, -0.25) is 19.0 Å². The number of nitrogens with one attached hydrogen (secondary N) is 2. The van der Waals surface area contributed by atoms with Crippen molar-refractivity contribution in [3.63, 3.8) is 0 Å². The third kappa shape index (κ3) is 11.3. The van der Waals surface area contributed by atoms with E-state index in [0.717, 1.165) is 69.8 Å². The van der Waals surface area contributed by atoms with Crippen LogP contribution in [0.4, 0.5) is 22.7 Å². The highest BCUT2D eigenvalue weighted by molar-refractivity contribution is 8.05. The number of carbonyl (C=O) groups excluding carboxylic acids is 3. The van der Waals surface area contributed by atoms with Crippen LogP contribution in [0.3, 0.4) is 0 Å². The monoisotopic (exact) mass is 1160 g/mol. The number of thioether (sulfide) groups is 1. The number of nitrogens with zero attached hydrogens (tertiary/aromatic N) is 3. The number of thiazole rings is 1. The summed E-state index contributed by atoms with van der Waals surface area (Å²) in [6, 6.07) is 50.3. The molecule has 15 nitrogen and oxygen atoms in total. The van der Waals surface area contributed by atoms with Crippen LogP contribution in [0.15, 0.2) is 157 Å². The average Bonchev–Trinajstić information content (AvgIpc) is 4.32. The molecule has 1 saturated heterocycles. The molecule has 3 atom stereocenters. The first-order valence-corrected chi connectivity index (χ1v) is 31.5. The first kappa shape index (κ1) is 56.5. The van der Waals surface area contributed by atoms with Crippen molar-refractivity contribution in [1.82, 2.24) is 9.47 Å². The molecule has 3 N–H and O–H groups in total. The van der Waals surface area contributed by atoms with Gasteiger partial charge < -0.3 is 52.1 Å². The zero-order valence-corrected chi connectivity index (χ0v) is 49.5. The van der Waals surface area contributed by atoms with Crippen LogP contribution in [0.2, 0.25) is 0 Å². The molecule has 3 heterocycles. The molecule has 1 aliphatic carbocycles. The Bertz CT molecular complexity index is 3440. The summed E-state index contributed by atoms with van der Waals surface area (Å²) in [5.74, 6) is -1.29. The molecule has 3 aliphatic rings. The van der Waals surface area contributed by atoms with E-state index in [1.165, 1.54) is 69.5 Å². The zero-order chi connectivity index (χ0) is 56.1. The topological polar surface area (TPSA) is 162 Å². The largest absolute Gasteiger partial charge is 0.536 e. The van der Waals surface area contributed by atoms with E-state index < -0.39 is 40.7 Å². The fraction of sp³-hybridized carbons (Fsp3) is 0.233. The van der Waals surface area contributed by atoms with Crippen LogP contribution in [-0.4, -0.2) is 105 Å². The van der Waals surface area contributed by atoms with E-state index >= 15 is 0 Å². The molecule has 3 unspecified atom stereocenters. The maximum absolute atomic E-state index is 14.8. The van der Waals surface area contributed by atoms with Gasteiger partial charge in [-0.25, -0.2) is 0 Å². The highest BCUT2D eigenvalue weighted by Gasteiger charge is 2.45. The van der Waals surface area contributed by atoms with Gasteiger partial charge in [-0.15, -0.1) is 11.3 Å². The van der Waals surface area contributed by atoms with Crippen molar-refractivity contribution >= 4 is 121 Å². The van der Waals surface area contributed by atoms with E-state index in [-0.39, 0.29) is 22.9 Å². The number of aromatic nitrogens is 1. The Balaban J connectivity index is 0.921. The van der Waals surface area contributed by atoms with E-state index in [0.29, 0.717) is 43.5 Å². The molecule has 1 aromatic heterocycles. The molecular formula is C60H61N5O10S3Si2. The summed E-state index contributed by atoms with van der Waals surface area (Å²) in [6.07, 6.45) is 7.32. The SMILES string of the molecule is CO[Si](OC)(OC)c1ccc(NC(=O)CN2C(=O)C(=Cc3ccc4c(c3)C3CCCC3N4c3ccc(C=C(c4ccccc4)c4ccccc4)cc3)SC2c2sc(=S)n(CC(=O)Nc3ccc([Si](OC)(OC)OC)cc3)c2O)cc1. The molecule has 10 rings (SSSR count). The lowest BCUT2D eigenvalue weighted by molar-refractivity contribution is -0.130. The molecule has 0 radical (unpaired) electrons. The van der Waals surface area contributed by atoms with Crippen LogP contribution in [0.5, 0.6) is 5.88 Å². The second kappa shape index (κ2) is 24.5. The van der Waals surface area contributed by atoms with E-state index in [4.69, 9.17) is 38.8 Å². The molecule has 80 heavy (non-hydrogen) atoms. The lowest BCUT2D eigenvalue weighted by Gasteiger charge is -2.27. The van der Waals surface area contributed by atoms with E-state index in [1.54, 1.807) is 48.5 Å². The minimum atomic E-state index is -3.14. The van der Waals surface area contributed by atoms with Gasteiger partial charge in [0, 0.05) is 87.7 Å². The first-order chi connectivity index (χ1) is 38.8. The number of hydrogen-bond donors (Lipinski definition) is 3. The first-order valence-electron chi connectivity index (χ1n) is 25.9. The summed E-state index contributed by atoms with van der Waals surface area (Å²) < 4.78 is 35.2. The van der Waals surface area contributed by atoms with Crippen LogP contribution < -0.4 is 25.9 Å². The molecule has 6 aromatic carbocycles. The Morgan fingerprint density at radius 1 is 0.675 bits per heavy atom. The summed E-state index contributed by atoms with van der Waals surface area (Å²) in [5.41, 5.74) is 9.87. The van der Waals surface area contributed by atoms with Gasteiger partial charge >= 0.3 is 17.6 Å². The molecule has 1 saturated carbocycles. The Labute approximate surface area is 481 Å². The highest BCUT2D eigenvalue weighted by atomic mass is 32.2. The summed E-state index contributed by atoms with van der Waals surface area (Å²) in [4.78, 5) is 47.0. The third-order valence-corrected chi connectivity index (χ3v) is 23.1. The lowest BCUT2D eigenvalue weighted by atomic mass is 9.95. The van der Waals surface area contributed by atoms with Crippen molar-refractivity contribution in [3.8, 4) is 5.88 Å². The number of aromatic hydroxyl groups is 1. The highest BCUT2D eigenvalue weighted by Crippen LogP contribution is 2.54. The average molecular weight is 1160 g/mol. The Morgan fingerprint density at radius 3 is 1.74 bits per heavy atom. The molecule has 20 heteroatoms. The van der Waals surface area contributed by atoms with Gasteiger partial charge in [-0.05, 0) is 119 Å². The summed E-state index contributed by atoms with van der Waals surface area (Å²) in [5, 5.41) is 18.3. The quantitative estimate of drug-likeness (QED) is 0.0286. The standard InChI is InChI=1S/C60H61N5O10S3Si2/c1-70-79(71-2,72-3)46-29-23-43(24-30-46)61-54(66)37-63-57(68)53(77-59(63)56-58(69)64(60(76)78-56)38-55(67)62-44-25-31-47(32-26-44)80(73-4,74-5)75-6)36-40-22-33-52-50(35-40)48-18-13-19-51(48)65(52)45-27-20-39(21-28-45)34-49(41-14-9-7-10-15-41)42-16-11-8-12-17-42/h7-12,14-17,20-36,48,51,59,69H,13,18-19,37-38H2,1-6H3,(H,61,66)(H,62,67). The summed E-state index contributed by atoms with van der Waals surface area (Å²) in [7, 11) is 2.88. The van der Waals surface area contributed by atoms with Gasteiger partial charge in [-0.1, -0.05) is 121 Å². The smallest absolute Gasteiger partial charge is 0.494 e. The number of benzene rings is 6. The van der Waals surface area contributed by atoms with Crippen LogP contribution >= 0.6 is 35.3 Å². The summed E-state index contributed by atoms with van der Waals surface area (Å²) >= 11 is 8.07. The Morgan fingerprint density at radius 2 is 1.20 bits per heavy atom. The van der Waals surface area contributed by atoms with E-state index in [9.17, 15) is 19.5 Å². The molecular weight excluding hydrogens is 1100 g/mol. The normalized spacial score (nSPS) is 17.4. The predicted molar refractivity (Wildman–Crippen MR) is 323 cm³/mol. The van der Waals surface area contributed by atoms with E-state index in [2.05, 4.69) is 107 Å². The minimum Gasteiger partial charge on any atom is -0.494 e. The number of fused-ring (bicyclic) bond motifs is 3. The number of anilines is 4. The van der Waals surface area contributed by atoms with Gasteiger partial charge in [0.1, 0.15) is 23.3 Å². The van der Waals surface area contributed by atoms with Crippen molar-refractivity contribution in [2.45, 2.75) is 43.1 Å². The lowest BCUT2D eigenvalue weighted by Crippen LogP contribution is -2.54. The van der Waals surface area contributed by atoms with Gasteiger partial charge in [-0.2, -0.15) is 0 Å². The molecule has 2 aliphatic heterocycles. The van der Waals surface area contributed by atoms with Crippen LogP contribution in [0, 0.1) is 3.95 Å². The number of amides is 3. The molecule has 412 valence electrons. The Kier molecular flexibility index (Phi) is 17.3. The molecule has 0 spiro atoms. The minimum absolute atomic E-state index is 0.210. The molecule has 7 aromatic rings. The Hall–Kier alpha value is -6.80. The van der Waals surface area contributed by atoms with Crippen molar-refractivity contribution in [3.05, 3.63) is 193 Å². The molecule has 2 fully saturated rings. The van der Waals surface area contributed by atoms with E-state index in [1.807, 2.05) is 24.3 Å². The zero-order valence-electron chi connectivity index (χ0n) is 45.0. The van der Waals surface area contributed by atoms with Gasteiger partial charge in [0.25, 0.3) is 5.91 Å². The maximum Gasteiger partial charge on any atom is 0.536 e. The predicted octanol–water partition coefficient (Wildman–Crippen LogP) is 10.4. The second-order valence-electron chi connectivity index (χ2n) is 19.3. The van der Waals surface area contributed by atoms with Gasteiger partial charge in [0.2, 0.25) is 17.7 Å². The molecule has 0 bridgehead atoms. The fourth-order valence-corrected chi connectivity index (χ4v) is 17.3. The molecule has 3 amide bonds. The number of rotatable bonds is 20. The van der Waals surface area contributed by atoms with Crippen LogP contribution in [0.1, 0.15) is 63.2 Å². The van der Waals surface area contributed by atoms with Crippen molar-refractivity contribution in [1.29, 1.82) is 0 Å². The third-order valence-electron chi connectivity index (χ3n) is 14.9. The van der Waals surface area contributed by atoms with Crippen LogP contribution in [-0.2, 0) is 47.5 Å². The van der Waals surface area contributed by atoms with Crippen molar-refractivity contribution in [2.24, 2.45) is 0 Å². The number of hydrogen-bond acceptors (Lipinski definition) is 14. The van der Waals surface area contributed by atoms with Gasteiger partial charge in [0.15, 0.2) is 3.95 Å². The second-order valence-corrected chi connectivity index (χ2v) is 27.9. The number of carbonyl (C=O) groups is 3. The van der Waals surface area contributed by atoms with Crippen molar-refractivity contribution < 1.29 is 46.0 Å². The van der Waals surface area contributed by atoms with Crippen LogP contribution in [0.25, 0.3) is 17.7 Å². The fourth-order valence-electron chi connectivity index (χ4n) is 11.0. The summed E-state index contributed by atoms with van der Waals surface area (Å²) in [6.45, 7) is -0.682. The van der Waals surface area contributed by atoms with Gasteiger partial charge in [0.05, 0.1) is 4.91 Å².